The van der Waals surface area contributed by atoms with E-state index < -0.39 is 6.23 Å². The van der Waals surface area contributed by atoms with E-state index >= 15 is 0 Å². The topological polar surface area (TPSA) is 113 Å². The lowest BCUT2D eigenvalue weighted by Crippen LogP contribution is -2.50. The molecular formula is C36H44N4O7. The smallest absolute Gasteiger partial charge is 0.260 e. The molecule has 0 aromatic heterocycles. The molecule has 0 radical (unpaired) electrons. The average molecular weight is 645 g/mol. The van der Waals surface area contributed by atoms with Crippen molar-refractivity contribution in [1.82, 2.24) is 9.80 Å². The van der Waals surface area contributed by atoms with Gasteiger partial charge < -0.3 is 38.8 Å². The molecule has 0 saturated carbocycles. The molecular weight excluding hydrogens is 600 g/mol. The Kier molecular flexibility index (Phi) is 9.18. The first-order chi connectivity index (χ1) is 22.6. The van der Waals surface area contributed by atoms with Gasteiger partial charge in [-0.05, 0) is 65.5 Å². The van der Waals surface area contributed by atoms with Crippen molar-refractivity contribution in [2.75, 3.05) is 38.9 Å². The summed E-state index contributed by atoms with van der Waals surface area (Å²) in [7, 11) is 3.12. The highest BCUT2D eigenvalue weighted by atomic mass is 16.5. The number of ether oxygens (including phenoxy) is 4. The van der Waals surface area contributed by atoms with Crippen LogP contribution in [0.2, 0.25) is 0 Å². The molecule has 1 N–H and O–H groups in total. The number of carbonyl (C=O) groups excluding carboxylic acids is 2. The molecule has 2 aromatic rings. The lowest BCUT2D eigenvalue weighted by Gasteiger charge is -2.36. The van der Waals surface area contributed by atoms with Crippen molar-refractivity contribution in [3.05, 3.63) is 58.8 Å². The van der Waals surface area contributed by atoms with Gasteiger partial charge in [-0.1, -0.05) is 17.2 Å². The van der Waals surface area contributed by atoms with E-state index in [-0.39, 0.29) is 29.9 Å². The zero-order chi connectivity index (χ0) is 33.4. The number of aliphatic hydroxyl groups excluding tert-OH is 1. The quantitative estimate of drug-likeness (QED) is 0.253. The molecule has 2 aromatic carbocycles. The van der Waals surface area contributed by atoms with Crippen LogP contribution in [-0.4, -0.2) is 91.3 Å². The maximum Gasteiger partial charge on any atom is 0.260 e. The minimum atomic E-state index is -0.862. The Morgan fingerprint density at radius 2 is 1.53 bits per heavy atom. The van der Waals surface area contributed by atoms with Gasteiger partial charge in [-0.25, -0.2) is 0 Å². The monoisotopic (exact) mass is 644 g/mol. The van der Waals surface area contributed by atoms with Gasteiger partial charge in [0.2, 0.25) is 0 Å². The highest BCUT2D eigenvalue weighted by molar-refractivity contribution is 6.04. The first kappa shape index (κ1) is 32.4. The van der Waals surface area contributed by atoms with Crippen molar-refractivity contribution in [3.8, 4) is 23.0 Å². The summed E-state index contributed by atoms with van der Waals surface area (Å²) in [5.74, 6) is 1.81. The summed E-state index contributed by atoms with van der Waals surface area (Å²) in [6, 6.07) is 6.49. The second kappa shape index (κ2) is 13.3. The van der Waals surface area contributed by atoms with Crippen LogP contribution in [0.4, 0.5) is 11.4 Å². The molecule has 6 rings (SSSR count). The number of nitrogens with zero attached hydrogens (tertiary/aromatic N) is 4. The molecule has 47 heavy (non-hydrogen) atoms. The van der Waals surface area contributed by atoms with E-state index in [4.69, 9.17) is 18.9 Å². The number of rotatable bonds is 11. The largest absolute Gasteiger partial charge is 0.493 e. The molecule has 4 heterocycles. The number of unbranched alkanes of at least 4 members (excludes halogenated alkanes) is 2. The van der Waals surface area contributed by atoms with Crippen LogP contribution in [0.5, 0.6) is 23.0 Å². The third kappa shape index (κ3) is 6.16. The zero-order valence-corrected chi connectivity index (χ0v) is 28.0. The fourth-order valence-corrected chi connectivity index (χ4v) is 6.82. The molecule has 0 spiro atoms. The van der Waals surface area contributed by atoms with Crippen molar-refractivity contribution in [2.24, 2.45) is 4.99 Å². The van der Waals surface area contributed by atoms with Crippen LogP contribution in [0.25, 0.3) is 0 Å². The van der Waals surface area contributed by atoms with Crippen LogP contribution in [0, 0.1) is 0 Å². The lowest BCUT2D eigenvalue weighted by molar-refractivity contribution is 0.0560. The molecule has 4 aliphatic rings. The molecule has 3 atom stereocenters. The van der Waals surface area contributed by atoms with Crippen LogP contribution in [-0.2, 0) is 0 Å². The Morgan fingerprint density at radius 3 is 2.19 bits per heavy atom. The molecule has 0 bridgehead atoms. The minimum Gasteiger partial charge on any atom is -0.493 e. The average Bonchev–Trinajstić information content (AvgIpc) is 3.58. The maximum atomic E-state index is 13.6. The van der Waals surface area contributed by atoms with E-state index in [1.807, 2.05) is 44.9 Å². The fraction of sp³-hybridized carbons (Fsp3) is 0.472. The second-order valence-corrected chi connectivity index (χ2v) is 12.9. The van der Waals surface area contributed by atoms with Crippen molar-refractivity contribution in [1.29, 1.82) is 0 Å². The number of hydrogen-bond acceptors (Lipinski definition) is 9. The van der Waals surface area contributed by atoms with Crippen LogP contribution in [0.3, 0.4) is 0 Å². The van der Waals surface area contributed by atoms with Gasteiger partial charge in [0.1, 0.15) is 6.23 Å². The Hall–Kier alpha value is -4.51. The first-order valence-electron chi connectivity index (χ1n) is 16.3. The van der Waals surface area contributed by atoms with Gasteiger partial charge in [-0.15, -0.1) is 0 Å². The van der Waals surface area contributed by atoms with E-state index in [0.717, 1.165) is 30.4 Å². The summed E-state index contributed by atoms with van der Waals surface area (Å²) >= 11 is 0. The number of aliphatic hydroxyl groups is 1. The van der Waals surface area contributed by atoms with E-state index in [0.29, 0.717) is 71.7 Å². The Labute approximate surface area is 276 Å². The van der Waals surface area contributed by atoms with Gasteiger partial charge in [0.15, 0.2) is 23.0 Å². The van der Waals surface area contributed by atoms with Crippen molar-refractivity contribution in [3.63, 3.8) is 0 Å². The van der Waals surface area contributed by atoms with Crippen LogP contribution in [0.1, 0.15) is 74.1 Å². The summed E-state index contributed by atoms with van der Waals surface area (Å²) in [6.45, 7) is 9.49. The summed E-state index contributed by atoms with van der Waals surface area (Å²) < 4.78 is 23.5. The number of hydrogen-bond donors (Lipinski definition) is 1. The number of amides is 2. The predicted molar refractivity (Wildman–Crippen MR) is 180 cm³/mol. The molecule has 0 saturated heterocycles. The van der Waals surface area contributed by atoms with Crippen molar-refractivity contribution < 1.29 is 33.6 Å². The standard InChI is InChI=1S/C36H44N4O7/c1-21(2)40-28-17-33(31(45-6)15-26(28)35(42)39-20-23(4)13-29(39)36(40)43)47-11-9-7-8-10-46-32-16-27-25(14-30(32)44-5)34(41)38-19-22(3)12-24(38)18-37-27/h12,14-18,20-21,24,29,36,43H,7-11,13,19H2,1-6H3/t24-,29-,36?/m0/s1. The second-order valence-electron chi connectivity index (χ2n) is 12.9. The number of carbonyl (C=O) groups is 2. The Morgan fingerprint density at radius 1 is 0.872 bits per heavy atom. The molecule has 0 fully saturated rings. The number of methoxy groups -OCH3 is 2. The van der Waals surface area contributed by atoms with Crippen LogP contribution < -0.4 is 23.8 Å². The van der Waals surface area contributed by atoms with Crippen molar-refractivity contribution >= 4 is 29.4 Å². The van der Waals surface area contributed by atoms with Gasteiger partial charge in [0, 0.05) is 37.1 Å². The van der Waals surface area contributed by atoms with Gasteiger partial charge in [-0.2, -0.15) is 0 Å². The van der Waals surface area contributed by atoms with E-state index in [1.54, 1.807) is 48.4 Å². The van der Waals surface area contributed by atoms with Crippen LogP contribution >= 0.6 is 0 Å². The molecule has 0 aliphatic carbocycles. The predicted octanol–water partition coefficient (Wildman–Crippen LogP) is 5.48. The van der Waals surface area contributed by atoms with Gasteiger partial charge in [0.25, 0.3) is 11.8 Å². The zero-order valence-electron chi connectivity index (χ0n) is 28.0. The number of fused-ring (bicyclic) bond motifs is 4. The lowest BCUT2D eigenvalue weighted by atomic mass is 10.1. The summed E-state index contributed by atoms with van der Waals surface area (Å²) in [4.78, 5) is 36.8. The highest BCUT2D eigenvalue weighted by Gasteiger charge is 2.43. The van der Waals surface area contributed by atoms with Crippen LogP contribution in [0.15, 0.2) is 52.7 Å². The fourth-order valence-electron chi connectivity index (χ4n) is 6.82. The third-order valence-electron chi connectivity index (χ3n) is 9.14. The summed E-state index contributed by atoms with van der Waals surface area (Å²) in [6.07, 6.45) is 7.85. The summed E-state index contributed by atoms with van der Waals surface area (Å²) in [5.41, 5.74) is 4.40. The molecule has 4 aliphatic heterocycles. The normalized spacial score (nSPS) is 21.4. The highest BCUT2D eigenvalue weighted by Crippen LogP contribution is 2.42. The van der Waals surface area contributed by atoms with E-state index in [2.05, 4.69) is 11.1 Å². The van der Waals surface area contributed by atoms with Gasteiger partial charge >= 0.3 is 0 Å². The number of aliphatic imine (C=N–C) groups is 1. The van der Waals surface area contributed by atoms with Crippen molar-refractivity contribution in [2.45, 2.75) is 77.7 Å². The first-order valence-corrected chi connectivity index (χ1v) is 16.3. The molecule has 2 amide bonds. The molecule has 11 heteroatoms. The SMILES string of the molecule is COc1cc2c(cc1OCCCCCOc1cc3c(cc1OC)C(=O)N1C=C(C)C[C@H]1C(O)N3C(C)C)N=C[C@@H]1C=C(C)CN1C2=O. The van der Waals surface area contributed by atoms with Gasteiger partial charge in [0.05, 0.1) is 62.0 Å². The summed E-state index contributed by atoms with van der Waals surface area (Å²) in [5, 5.41) is 11.4. The number of benzene rings is 2. The van der Waals surface area contributed by atoms with E-state index in [9.17, 15) is 14.7 Å². The third-order valence-corrected chi connectivity index (χ3v) is 9.14. The molecule has 1 unspecified atom stereocenters. The Bertz CT molecular complexity index is 1650. The maximum absolute atomic E-state index is 13.6. The van der Waals surface area contributed by atoms with E-state index in [1.165, 1.54) is 0 Å². The number of anilines is 1. The Balaban J connectivity index is 1.07. The molecule has 250 valence electrons. The van der Waals surface area contributed by atoms with Gasteiger partial charge in [-0.3, -0.25) is 14.6 Å². The molecule has 11 nitrogen and oxygen atoms in total. The minimum absolute atomic E-state index is 0.0528.